The molecule has 0 spiro atoms. The Morgan fingerprint density at radius 3 is 2.57 bits per heavy atom. The molecule has 1 aromatic heterocycles. The third-order valence-corrected chi connectivity index (χ3v) is 5.69. The quantitative estimate of drug-likeness (QED) is 0.646. The van der Waals surface area contributed by atoms with Crippen LogP contribution in [0.2, 0.25) is 0 Å². The lowest BCUT2D eigenvalue weighted by Crippen LogP contribution is -2.36. The van der Waals surface area contributed by atoms with Crippen LogP contribution in [0.4, 0.5) is 0 Å². The Morgan fingerprint density at radius 1 is 1.18 bits per heavy atom. The van der Waals surface area contributed by atoms with Crippen LogP contribution in [0, 0.1) is 11.8 Å². The Bertz CT molecular complexity index is 751. The van der Waals surface area contributed by atoms with Crippen molar-refractivity contribution >= 4 is 0 Å². The maximum atomic E-state index is 10.5. The van der Waals surface area contributed by atoms with Gasteiger partial charge in [0.1, 0.15) is 11.6 Å². The third kappa shape index (κ3) is 4.87. The Balaban J connectivity index is 1.70. The predicted molar refractivity (Wildman–Crippen MR) is 108 cm³/mol. The van der Waals surface area contributed by atoms with Crippen LogP contribution in [0.25, 0.3) is 0 Å². The van der Waals surface area contributed by atoms with Crippen molar-refractivity contribution in [3.05, 3.63) is 53.6 Å². The van der Waals surface area contributed by atoms with Crippen LogP contribution in [-0.4, -0.2) is 46.0 Å². The minimum atomic E-state index is -0.505. The standard InChI is InChI=1S/C22H31N3O3/c1-14(2)22-23-9-8-16(25-22)10-18-19(13-26)21(27)11-20(18)24-12-15-4-6-17(28-3)7-5-15/h4-9,14,18-21,24,26-27H,10-13H2,1-3H3. The highest BCUT2D eigenvalue weighted by molar-refractivity contribution is 5.27. The van der Waals surface area contributed by atoms with Crippen molar-refractivity contribution in [2.45, 2.75) is 51.3 Å². The van der Waals surface area contributed by atoms with Gasteiger partial charge in [-0.2, -0.15) is 0 Å². The fraction of sp³-hybridized carbons (Fsp3) is 0.545. The number of aromatic nitrogens is 2. The number of hydrogen-bond acceptors (Lipinski definition) is 6. The van der Waals surface area contributed by atoms with Gasteiger partial charge in [-0.15, -0.1) is 0 Å². The van der Waals surface area contributed by atoms with Crippen LogP contribution in [0.5, 0.6) is 5.75 Å². The first-order chi connectivity index (χ1) is 13.5. The molecule has 152 valence electrons. The maximum absolute atomic E-state index is 10.5. The summed E-state index contributed by atoms with van der Waals surface area (Å²) in [5.41, 5.74) is 2.12. The number of aliphatic hydroxyl groups is 2. The van der Waals surface area contributed by atoms with Gasteiger partial charge in [0, 0.05) is 42.9 Å². The van der Waals surface area contributed by atoms with E-state index >= 15 is 0 Å². The first-order valence-corrected chi connectivity index (χ1v) is 9.98. The number of ether oxygens (including phenoxy) is 1. The molecule has 4 unspecified atom stereocenters. The van der Waals surface area contributed by atoms with Gasteiger partial charge in [-0.3, -0.25) is 0 Å². The van der Waals surface area contributed by atoms with Crippen LogP contribution in [-0.2, 0) is 13.0 Å². The van der Waals surface area contributed by atoms with Crippen molar-refractivity contribution in [3.8, 4) is 5.75 Å². The molecule has 28 heavy (non-hydrogen) atoms. The van der Waals surface area contributed by atoms with Crippen LogP contribution in [0.1, 0.15) is 43.3 Å². The van der Waals surface area contributed by atoms with Crippen molar-refractivity contribution in [1.29, 1.82) is 0 Å². The topological polar surface area (TPSA) is 87.5 Å². The van der Waals surface area contributed by atoms with Crippen molar-refractivity contribution in [3.63, 3.8) is 0 Å². The SMILES string of the molecule is COc1ccc(CNC2CC(O)C(CO)C2Cc2ccnc(C(C)C)n2)cc1. The van der Waals surface area contributed by atoms with E-state index in [0.29, 0.717) is 19.4 Å². The molecule has 0 radical (unpaired) electrons. The van der Waals surface area contributed by atoms with Crippen LogP contribution >= 0.6 is 0 Å². The normalized spacial score (nSPS) is 24.6. The molecule has 3 rings (SSSR count). The highest BCUT2D eigenvalue weighted by atomic mass is 16.5. The fourth-order valence-electron chi connectivity index (χ4n) is 4.02. The van der Waals surface area contributed by atoms with Crippen molar-refractivity contribution in [2.75, 3.05) is 13.7 Å². The number of nitrogens with one attached hydrogen (secondary N) is 1. The molecule has 6 nitrogen and oxygen atoms in total. The van der Waals surface area contributed by atoms with E-state index in [1.807, 2.05) is 30.3 Å². The van der Waals surface area contributed by atoms with Gasteiger partial charge in [0.15, 0.2) is 0 Å². The van der Waals surface area contributed by atoms with Gasteiger partial charge in [0.25, 0.3) is 0 Å². The van der Waals surface area contributed by atoms with E-state index in [-0.39, 0.29) is 30.4 Å². The monoisotopic (exact) mass is 385 g/mol. The molecule has 0 bridgehead atoms. The van der Waals surface area contributed by atoms with E-state index in [9.17, 15) is 10.2 Å². The fourth-order valence-corrected chi connectivity index (χ4v) is 4.02. The molecule has 1 fully saturated rings. The number of rotatable bonds is 8. The maximum Gasteiger partial charge on any atom is 0.131 e. The average molecular weight is 386 g/mol. The number of benzene rings is 1. The minimum Gasteiger partial charge on any atom is -0.497 e. The molecule has 0 amide bonds. The summed E-state index contributed by atoms with van der Waals surface area (Å²) in [4.78, 5) is 9.03. The van der Waals surface area contributed by atoms with E-state index in [1.54, 1.807) is 13.3 Å². The van der Waals surface area contributed by atoms with E-state index in [1.165, 1.54) is 0 Å². The molecule has 4 atom stereocenters. The van der Waals surface area contributed by atoms with Gasteiger partial charge >= 0.3 is 0 Å². The summed E-state index contributed by atoms with van der Waals surface area (Å²) in [6.07, 6.45) is 2.64. The summed E-state index contributed by atoms with van der Waals surface area (Å²) < 4.78 is 5.21. The van der Waals surface area contributed by atoms with Crippen LogP contribution in [0.15, 0.2) is 36.5 Å². The number of aliphatic hydroxyl groups excluding tert-OH is 2. The number of methoxy groups -OCH3 is 1. The first kappa shape index (κ1) is 20.7. The van der Waals surface area contributed by atoms with Crippen molar-refractivity contribution < 1.29 is 14.9 Å². The largest absolute Gasteiger partial charge is 0.497 e. The summed E-state index contributed by atoms with van der Waals surface area (Å²) in [5, 5.41) is 23.9. The molecule has 1 aliphatic rings. The lowest BCUT2D eigenvalue weighted by Gasteiger charge is -2.25. The first-order valence-electron chi connectivity index (χ1n) is 9.98. The highest BCUT2D eigenvalue weighted by Crippen LogP contribution is 2.35. The van der Waals surface area contributed by atoms with Crippen LogP contribution < -0.4 is 10.1 Å². The molecule has 2 aromatic rings. The van der Waals surface area contributed by atoms with Gasteiger partial charge in [0.2, 0.25) is 0 Å². The summed E-state index contributed by atoms with van der Waals surface area (Å²) >= 11 is 0. The molecule has 6 heteroatoms. The summed E-state index contributed by atoms with van der Waals surface area (Å²) in [7, 11) is 1.66. The molecule has 1 aromatic carbocycles. The van der Waals surface area contributed by atoms with Gasteiger partial charge in [0.05, 0.1) is 13.2 Å². The zero-order chi connectivity index (χ0) is 20.1. The molecule has 1 saturated carbocycles. The lowest BCUT2D eigenvalue weighted by atomic mass is 9.88. The van der Waals surface area contributed by atoms with E-state index in [0.717, 1.165) is 22.8 Å². The molecule has 0 aliphatic heterocycles. The van der Waals surface area contributed by atoms with E-state index in [2.05, 4.69) is 29.1 Å². The Labute approximate surface area is 167 Å². The molecule has 0 saturated heterocycles. The van der Waals surface area contributed by atoms with Crippen molar-refractivity contribution in [1.82, 2.24) is 15.3 Å². The third-order valence-electron chi connectivity index (χ3n) is 5.69. The number of hydrogen-bond donors (Lipinski definition) is 3. The lowest BCUT2D eigenvalue weighted by molar-refractivity contribution is 0.0716. The molecule has 1 aliphatic carbocycles. The van der Waals surface area contributed by atoms with Gasteiger partial charge in [-0.1, -0.05) is 26.0 Å². The summed E-state index contributed by atoms with van der Waals surface area (Å²) in [6, 6.07) is 10.0. The number of nitrogens with zero attached hydrogens (tertiary/aromatic N) is 2. The molecule has 1 heterocycles. The Kier molecular flexibility index (Phi) is 6.99. The van der Waals surface area contributed by atoms with Gasteiger partial charge in [-0.25, -0.2) is 9.97 Å². The molecule has 3 N–H and O–H groups in total. The smallest absolute Gasteiger partial charge is 0.131 e. The zero-order valence-electron chi connectivity index (χ0n) is 16.9. The minimum absolute atomic E-state index is 0.0192. The van der Waals surface area contributed by atoms with Gasteiger partial charge < -0.3 is 20.3 Å². The second-order valence-corrected chi connectivity index (χ2v) is 7.91. The van der Waals surface area contributed by atoms with Crippen LogP contribution in [0.3, 0.4) is 0 Å². The van der Waals surface area contributed by atoms with E-state index < -0.39 is 6.10 Å². The van der Waals surface area contributed by atoms with E-state index in [4.69, 9.17) is 4.74 Å². The summed E-state index contributed by atoms with van der Waals surface area (Å²) in [6.45, 7) is 4.84. The van der Waals surface area contributed by atoms with Crippen molar-refractivity contribution in [2.24, 2.45) is 11.8 Å². The second kappa shape index (κ2) is 9.45. The summed E-state index contributed by atoms with van der Waals surface area (Å²) in [5.74, 6) is 1.91. The Morgan fingerprint density at radius 2 is 1.93 bits per heavy atom. The zero-order valence-corrected chi connectivity index (χ0v) is 16.9. The highest BCUT2D eigenvalue weighted by Gasteiger charge is 2.42. The van der Waals surface area contributed by atoms with Gasteiger partial charge in [-0.05, 0) is 42.5 Å². The predicted octanol–water partition coefficient (Wildman–Crippen LogP) is 2.30. The second-order valence-electron chi connectivity index (χ2n) is 7.91. The average Bonchev–Trinajstić information content (AvgIpc) is 3.01. The molecular formula is C22H31N3O3. The Hall–Kier alpha value is -2.02. The molecular weight excluding hydrogens is 354 g/mol.